The lowest BCUT2D eigenvalue weighted by Crippen LogP contribution is -2.66. The van der Waals surface area contributed by atoms with Crippen LogP contribution in [0.2, 0.25) is 0 Å². The molecule has 3 aromatic heterocycles. The number of fused-ring (bicyclic) bond motifs is 8. The number of benzene rings is 8. The SMILES string of the molecule is c1ccc(-c2ccc3c(c2)N(c2ccccc2)c2cccc4c2B3c2cc3c(nc2N4c2ccccc2)N(c2ccccc2)c2nc(-c4ccccc4)nc4c2B3c2cncnc2N4c2ccccc2)cc1. The van der Waals surface area contributed by atoms with Crippen LogP contribution < -0.4 is 52.4 Å². The zero-order valence-electron chi connectivity index (χ0n) is 38.7. The smallest absolute Gasteiger partial charge is 0.262 e. The van der Waals surface area contributed by atoms with Crippen LogP contribution >= 0.6 is 0 Å². The van der Waals surface area contributed by atoms with Crippen molar-refractivity contribution in [3.05, 3.63) is 237 Å². The van der Waals surface area contributed by atoms with Gasteiger partial charge in [-0.05, 0) is 105 Å². The van der Waals surface area contributed by atoms with Gasteiger partial charge in [0.25, 0.3) is 13.4 Å². The summed E-state index contributed by atoms with van der Waals surface area (Å²) in [4.78, 5) is 36.3. The van der Waals surface area contributed by atoms with E-state index in [0.29, 0.717) is 5.82 Å². The molecule has 11 heteroatoms. The molecule has 0 radical (unpaired) electrons. The van der Waals surface area contributed by atoms with Crippen molar-refractivity contribution in [2.24, 2.45) is 0 Å². The molecule has 15 rings (SSSR count). The van der Waals surface area contributed by atoms with Crippen molar-refractivity contribution in [3.8, 4) is 22.5 Å². The van der Waals surface area contributed by atoms with Crippen LogP contribution in [0, 0.1) is 0 Å². The van der Waals surface area contributed by atoms with Crippen molar-refractivity contribution in [2.45, 2.75) is 0 Å². The number of anilines is 12. The van der Waals surface area contributed by atoms with E-state index in [1.54, 1.807) is 6.33 Å². The van der Waals surface area contributed by atoms with Gasteiger partial charge in [-0.25, -0.2) is 24.9 Å². The fourth-order valence-corrected chi connectivity index (χ4v) is 11.6. The molecule has 0 fully saturated rings. The van der Waals surface area contributed by atoms with Crippen LogP contribution in [0.4, 0.5) is 68.9 Å². The quantitative estimate of drug-likeness (QED) is 0.152. The minimum atomic E-state index is -0.380. The molecular weight excluding hydrogens is 880 g/mol. The Hall–Kier alpha value is -9.60. The van der Waals surface area contributed by atoms with Gasteiger partial charge >= 0.3 is 0 Å². The highest BCUT2D eigenvalue weighted by Gasteiger charge is 2.50. The molecule has 7 heterocycles. The molecule has 0 spiro atoms. The Bertz CT molecular complexity index is 3870. The molecular formula is C61H39B2N9. The molecule has 334 valence electrons. The Labute approximate surface area is 417 Å². The second-order valence-electron chi connectivity index (χ2n) is 18.5. The summed E-state index contributed by atoms with van der Waals surface area (Å²) in [5, 5.41) is 0. The first kappa shape index (κ1) is 40.3. The van der Waals surface area contributed by atoms with E-state index in [1.807, 2.05) is 30.5 Å². The van der Waals surface area contributed by atoms with Crippen molar-refractivity contribution < 1.29 is 0 Å². The third kappa shape index (κ3) is 6.00. The van der Waals surface area contributed by atoms with Gasteiger partial charge in [0.2, 0.25) is 0 Å². The number of hydrogen-bond acceptors (Lipinski definition) is 9. The second-order valence-corrected chi connectivity index (χ2v) is 18.5. The molecule has 0 saturated heterocycles. The lowest BCUT2D eigenvalue weighted by Gasteiger charge is -2.45. The highest BCUT2D eigenvalue weighted by atomic mass is 15.3. The largest absolute Gasteiger partial charge is 0.311 e. The number of rotatable bonds is 6. The van der Waals surface area contributed by atoms with E-state index in [1.165, 1.54) is 16.5 Å². The van der Waals surface area contributed by atoms with E-state index < -0.39 is 0 Å². The molecule has 0 saturated carbocycles. The number of nitrogens with zero attached hydrogens (tertiary/aromatic N) is 9. The summed E-state index contributed by atoms with van der Waals surface area (Å²) in [6.07, 6.45) is 3.62. The first-order valence-electron chi connectivity index (χ1n) is 24.3. The standard InChI is InChI=1S/C61H39B2N9/c1-7-20-40(21-8-1)42-34-35-47-53(36-42)69(43-24-11-3-12-25-43)51-32-19-33-52-54(51)62(47)48-37-49-59(68-58(48)70(52)44-26-13-4-14-27-44)72(46-30-17-6-18-31-46)61-55-60(66-56(67-61)41-22-9-2-10-23-41)71(45-28-15-5-16-29-45)57-50(63(49)55)38-64-39-65-57/h1-39H. The van der Waals surface area contributed by atoms with Crippen molar-refractivity contribution in [1.82, 2.24) is 24.9 Å². The molecule has 72 heavy (non-hydrogen) atoms. The molecule has 0 aliphatic carbocycles. The summed E-state index contributed by atoms with van der Waals surface area (Å²) < 4.78 is 0. The van der Waals surface area contributed by atoms with E-state index >= 15 is 0 Å². The number of hydrogen-bond donors (Lipinski definition) is 0. The molecule has 0 unspecified atom stereocenters. The van der Waals surface area contributed by atoms with Crippen molar-refractivity contribution in [2.75, 3.05) is 19.6 Å². The van der Waals surface area contributed by atoms with Gasteiger partial charge in [0.15, 0.2) is 5.82 Å². The van der Waals surface area contributed by atoms with Gasteiger partial charge in [-0.15, -0.1) is 0 Å². The van der Waals surface area contributed by atoms with Gasteiger partial charge in [-0.3, -0.25) is 14.7 Å². The molecule has 11 aromatic rings. The van der Waals surface area contributed by atoms with Crippen LogP contribution in [0.15, 0.2) is 237 Å². The predicted molar refractivity (Wildman–Crippen MR) is 294 cm³/mol. The predicted octanol–water partition coefficient (Wildman–Crippen LogP) is 10.2. The zero-order chi connectivity index (χ0) is 47.3. The van der Waals surface area contributed by atoms with E-state index in [4.69, 9.17) is 24.9 Å². The van der Waals surface area contributed by atoms with Crippen molar-refractivity contribution in [1.29, 1.82) is 0 Å². The Kier molecular flexibility index (Phi) is 8.94. The summed E-state index contributed by atoms with van der Waals surface area (Å²) in [5.74, 6) is 4.53. The normalized spacial score (nSPS) is 13.4. The lowest BCUT2D eigenvalue weighted by atomic mass is 9.31. The zero-order valence-corrected chi connectivity index (χ0v) is 38.7. The summed E-state index contributed by atoms with van der Waals surface area (Å²) >= 11 is 0. The Balaban J connectivity index is 1.06. The van der Waals surface area contributed by atoms with Crippen LogP contribution in [0.1, 0.15) is 0 Å². The van der Waals surface area contributed by atoms with Crippen LogP contribution in [0.25, 0.3) is 22.5 Å². The van der Waals surface area contributed by atoms with Crippen LogP contribution in [-0.2, 0) is 0 Å². The minimum Gasteiger partial charge on any atom is -0.311 e. The molecule has 0 atom stereocenters. The fraction of sp³-hybridized carbons (Fsp3) is 0. The van der Waals surface area contributed by atoms with Gasteiger partial charge in [0.05, 0.1) is 0 Å². The van der Waals surface area contributed by atoms with Crippen LogP contribution in [0.5, 0.6) is 0 Å². The third-order valence-corrected chi connectivity index (χ3v) is 14.6. The third-order valence-electron chi connectivity index (χ3n) is 14.6. The second kappa shape index (κ2) is 16.0. The first-order chi connectivity index (χ1) is 35.8. The summed E-state index contributed by atoms with van der Waals surface area (Å²) in [7, 11) is 0. The number of pyridine rings is 1. The highest BCUT2D eigenvalue weighted by Crippen LogP contribution is 2.47. The molecule has 0 bridgehead atoms. The monoisotopic (exact) mass is 919 g/mol. The molecule has 9 nitrogen and oxygen atoms in total. The molecule has 8 aromatic carbocycles. The summed E-state index contributed by atoms with van der Waals surface area (Å²) in [6.45, 7) is -0.572. The number of aromatic nitrogens is 5. The maximum Gasteiger partial charge on any atom is 0.262 e. The Morgan fingerprint density at radius 3 is 1.39 bits per heavy atom. The highest BCUT2D eigenvalue weighted by molar-refractivity contribution is 7.03. The van der Waals surface area contributed by atoms with E-state index in [9.17, 15) is 0 Å². The number of para-hydroxylation sites is 4. The topological polar surface area (TPSA) is 77.4 Å². The molecule has 0 N–H and O–H groups in total. The average Bonchev–Trinajstić information content (AvgIpc) is 3.45. The Morgan fingerprint density at radius 1 is 0.306 bits per heavy atom. The fourth-order valence-electron chi connectivity index (χ4n) is 11.6. The van der Waals surface area contributed by atoms with E-state index in [0.717, 1.165) is 102 Å². The van der Waals surface area contributed by atoms with Gasteiger partial charge < -0.3 is 4.90 Å². The maximum atomic E-state index is 6.06. The first-order valence-corrected chi connectivity index (χ1v) is 24.3. The van der Waals surface area contributed by atoms with Gasteiger partial charge in [-0.1, -0.05) is 158 Å². The van der Waals surface area contributed by atoms with E-state index in [2.05, 4.69) is 220 Å². The molecule has 4 aliphatic heterocycles. The lowest BCUT2D eigenvalue weighted by molar-refractivity contribution is 1.05. The van der Waals surface area contributed by atoms with Gasteiger partial charge in [-0.2, -0.15) is 0 Å². The minimum absolute atomic E-state index is 0.192. The maximum absolute atomic E-state index is 6.06. The van der Waals surface area contributed by atoms with Crippen LogP contribution in [0.3, 0.4) is 0 Å². The van der Waals surface area contributed by atoms with Crippen molar-refractivity contribution >= 4 is 115 Å². The van der Waals surface area contributed by atoms with Gasteiger partial charge in [0.1, 0.15) is 35.4 Å². The van der Waals surface area contributed by atoms with Crippen molar-refractivity contribution in [3.63, 3.8) is 0 Å². The molecule has 4 aliphatic rings. The van der Waals surface area contributed by atoms with Crippen LogP contribution in [-0.4, -0.2) is 38.3 Å². The van der Waals surface area contributed by atoms with Gasteiger partial charge in [0, 0.05) is 57.0 Å². The average molecular weight is 920 g/mol. The summed E-state index contributed by atoms with van der Waals surface area (Å²) in [5.41, 5.74) is 17.0. The summed E-state index contributed by atoms with van der Waals surface area (Å²) in [6, 6.07) is 79.4. The Morgan fingerprint density at radius 2 is 0.792 bits per heavy atom. The molecule has 0 amide bonds. The van der Waals surface area contributed by atoms with E-state index in [-0.39, 0.29) is 13.4 Å².